The molecule has 136 valence electrons. The van der Waals surface area contributed by atoms with Crippen LogP contribution in [-0.4, -0.2) is 16.1 Å². The van der Waals surface area contributed by atoms with Crippen molar-refractivity contribution in [3.8, 4) is 11.3 Å². The van der Waals surface area contributed by atoms with Crippen LogP contribution in [0, 0.1) is 27.2 Å². The highest BCUT2D eigenvalue weighted by Crippen LogP contribution is 2.28. The van der Waals surface area contributed by atoms with E-state index < -0.39 is 9.85 Å². The molecule has 3 aromatic rings. The maximum absolute atomic E-state index is 10.9. The zero-order valence-corrected chi connectivity index (χ0v) is 14.2. The number of hydrazone groups is 1. The predicted molar refractivity (Wildman–Crippen MR) is 99.8 cm³/mol. The van der Waals surface area contributed by atoms with E-state index in [1.54, 1.807) is 18.2 Å². The third-order valence-electron chi connectivity index (χ3n) is 3.79. The molecule has 3 rings (SSSR count). The first-order chi connectivity index (χ1) is 12.9. The number of nitro benzene ring substituents is 2. The Hall–Kier alpha value is -4.01. The Morgan fingerprint density at radius 1 is 0.963 bits per heavy atom. The number of benzene rings is 2. The summed E-state index contributed by atoms with van der Waals surface area (Å²) in [6.07, 6.45) is 1.44. The van der Waals surface area contributed by atoms with Gasteiger partial charge >= 0.3 is 0 Å². The Bertz CT molecular complexity index is 1020. The molecule has 0 amide bonds. The van der Waals surface area contributed by atoms with Gasteiger partial charge in [0.15, 0.2) is 0 Å². The van der Waals surface area contributed by atoms with Crippen molar-refractivity contribution in [3.63, 3.8) is 0 Å². The van der Waals surface area contributed by atoms with Crippen molar-refractivity contribution in [1.29, 1.82) is 0 Å². The summed E-state index contributed by atoms with van der Waals surface area (Å²) in [7, 11) is 0. The standard InChI is InChI=1S/C18H14N4O5/c1-12-2-5-15(22(25)26)10-17(12)18-9-8-16(27-18)11-19-20-13-3-6-14(7-4-13)21(23)24/h2-11,20H,1H3/b19-11+. The van der Waals surface area contributed by atoms with E-state index in [4.69, 9.17) is 4.42 Å². The lowest BCUT2D eigenvalue weighted by Crippen LogP contribution is -1.91. The summed E-state index contributed by atoms with van der Waals surface area (Å²) in [5.41, 5.74) is 4.79. The summed E-state index contributed by atoms with van der Waals surface area (Å²) in [5, 5.41) is 25.6. The zero-order chi connectivity index (χ0) is 19.4. The fourth-order valence-electron chi connectivity index (χ4n) is 2.38. The van der Waals surface area contributed by atoms with Gasteiger partial charge in [-0.2, -0.15) is 5.10 Å². The van der Waals surface area contributed by atoms with Crippen LogP contribution in [-0.2, 0) is 0 Å². The van der Waals surface area contributed by atoms with Crippen LogP contribution in [0.25, 0.3) is 11.3 Å². The quantitative estimate of drug-likeness (QED) is 0.388. The number of nitrogens with one attached hydrogen (secondary N) is 1. The zero-order valence-electron chi connectivity index (χ0n) is 14.2. The first kappa shape index (κ1) is 17.8. The summed E-state index contributed by atoms with van der Waals surface area (Å²) in [5.74, 6) is 0.943. The van der Waals surface area contributed by atoms with Crippen molar-refractivity contribution in [2.24, 2.45) is 5.10 Å². The van der Waals surface area contributed by atoms with Gasteiger partial charge in [0.25, 0.3) is 11.4 Å². The minimum Gasteiger partial charge on any atom is -0.455 e. The lowest BCUT2D eigenvalue weighted by molar-refractivity contribution is -0.385. The van der Waals surface area contributed by atoms with Gasteiger partial charge in [0, 0.05) is 29.8 Å². The van der Waals surface area contributed by atoms with E-state index in [1.165, 1.54) is 42.6 Å². The lowest BCUT2D eigenvalue weighted by atomic mass is 10.1. The van der Waals surface area contributed by atoms with Crippen LogP contribution in [0.3, 0.4) is 0 Å². The van der Waals surface area contributed by atoms with E-state index in [-0.39, 0.29) is 11.4 Å². The number of anilines is 1. The van der Waals surface area contributed by atoms with Crippen LogP contribution in [0.15, 0.2) is 64.1 Å². The molecule has 0 aliphatic rings. The van der Waals surface area contributed by atoms with Crippen LogP contribution in [0.5, 0.6) is 0 Å². The Morgan fingerprint density at radius 3 is 2.30 bits per heavy atom. The maximum atomic E-state index is 10.9. The van der Waals surface area contributed by atoms with Gasteiger partial charge in [0.2, 0.25) is 0 Å². The molecule has 0 unspecified atom stereocenters. The molecule has 0 bridgehead atoms. The summed E-state index contributed by atoms with van der Waals surface area (Å²) >= 11 is 0. The molecular formula is C18H14N4O5. The number of nitro groups is 2. The van der Waals surface area contributed by atoms with Crippen LogP contribution >= 0.6 is 0 Å². The van der Waals surface area contributed by atoms with Gasteiger partial charge in [0.05, 0.1) is 21.7 Å². The molecule has 0 aliphatic heterocycles. The Labute approximate surface area is 153 Å². The van der Waals surface area contributed by atoms with E-state index >= 15 is 0 Å². The average Bonchev–Trinajstić information content (AvgIpc) is 3.11. The summed E-state index contributed by atoms with van der Waals surface area (Å²) < 4.78 is 5.67. The molecular weight excluding hydrogens is 352 g/mol. The van der Waals surface area contributed by atoms with Gasteiger partial charge in [-0.1, -0.05) is 6.07 Å². The highest BCUT2D eigenvalue weighted by molar-refractivity contribution is 5.78. The first-order valence-electron chi connectivity index (χ1n) is 7.83. The van der Waals surface area contributed by atoms with Crippen molar-refractivity contribution < 1.29 is 14.3 Å². The number of hydrogen-bond acceptors (Lipinski definition) is 7. The summed E-state index contributed by atoms with van der Waals surface area (Å²) in [4.78, 5) is 20.6. The summed E-state index contributed by atoms with van der Waals surface area (Å²) in [6, 6.07) is 13.8. The van der Waals surface area contributed by atoms with Crippen molar-refractivity contribution in [2.75, 3.05) is 5.43 Å². The van der Waals surface area contributed by atoms with Crippen molar-refractivity contribution in [1.82, 2.24) is 0 Å². The molecule has 27 heavy (non-hydrogen) atoms. The summed E-state index contributed by atoms with van der Waals surface area (Å²) in [6.45, 7) is 1.84. The molecule has 0 saturated heterocycles. The Balaban J connectivity index is 1.72. The smallest absolute Gasteiger partial charge is 0.270 e. The van der Waals surface area contributed by atoms with Crippen molar-refractivity contribution >= 4 is 23.3 Å². The topological polar surface area (TPSA) is 124 Å². The second-order valence-corrected chi connectivity index (χ2v) is 5.63. The highest BCUT2D eigenvalue weighted by Gasteiger charge is 2.13. The second-order valence-electron chi connectivity index (χ2n) is 5.63. The molecule has 1 aromatic heterocycles. The van der Waals surface area contributed by atoms with Crippen LogP contribution in [0.4, 0.5) is 17.1 Å². The van der Waals surface area contributed by atoms with Crippen LogP contribution in [0.1, 0.15) is 11.3 Å². The maximum Gasteiger partial charge on any atom is 0.270 e. The Kier molecular flexibility index (Phi) is 4.93. The van der Waals surface area contributed by atoms with Gasteiger partial charge in [-0.15, -0.1) is 0 Å². The highest BCUT2D eigenvalue weighted by atomic mass is 16.6. The van der Waals surface area contributed by atoms with E-state index in [1.807, 2.05) is 6.92 Å². The normalized spacial score (nSPS) is 10.9. The van der Waals surface area contributed by atoms with Crippen LogP contribution < -0.4 is 5.43 Å². The van der Waals surface area contributed by atoms with E-state index in [0.717, 1.165) is 5.56 Å². The molecule has 0 radical (unpaired) electrons. The van der Waals surface area contributed by atoms with Gasteiger partial charge in [-0.05, 0) is 36.8 Å². The average molecular weight is 366 g/mol. The third kappa shape index (κ3) is 4.15. The molecule has 2 aromatic carbocycles. The fourth-order valence-corrected chi connectivity index (χ4v) is 2.38. The van der Waals surface area contributed by atoms with Gasteiger partial charge in [-0.3, -0.25) is 25.7 Å². The van der Waals surface area contributed by atoms with Gasteiger partial charge < -0.3 is 4.42 Å². The van der Waals surface area contributed by atoms with Gasteiger partial charge in [0.1, 0.15) is 11.5 Å². The number of non-ortho nitro benzene ring substituents is 2. The van der Waals surface area contributed by atoms with Crippen molar-refractivity contribution in [3.05, 3.63) is 86.1 Å². The van der Waals surface area contributed by atoms with Gasteiger partial charge in [-0.25, -0.2) is 0 Å². The predicted octanol–water partition coefficient (Wildman–Crippen LogP) is 4.52. The monoisotopic (exact) mass is 366 g/mol. The van der Waals surface area contributed by atoms with Crippen LogP contribution in [0.2, 0.25) is 0 Å². The third-order valence-corrected chi connectivity index (χ3v) is 3.79. The van der Waals surface area contributed by atoms with Crippen molar-refractivity contribution in [2.45, 2.75) is 6.92 Å². The largest absolute Gasteiger partial charge is 0.455 e. The number of nitrogens with zero attached hydrogens (tertiary/aromatic N) is 3. The molecule has 1 heterocycles. The van der Waals surface area contributed by atoms with E-state index in [0.29, 0.717) is 22.8 Å². The molecule has 9 heteroatoms. The number of rotatable bonds is 6. The minimum atomic E-state index is -0.479. The molecule has 0 fully saturated rings. The number of aryl methyl sites for hydroxylation is 1. The van der Waals surface area contributed by atoms with E-state index in [9.17, 15) is 20.2 Å². The molecule has 0 saturated carbocycles. The molecule has 1 N–H and O–H groups in total. The van der Waals surface area contributed by atoms with E-state index in [2.05, 4.69) is 10.5 Å². The molecule has 0 spiro atoms. The number of furan rings is 1. The second kappa shape index (κ2) is 7.48. The first-order valence-corrected chi connectivity index (χ1v) is 7.83. The number of hydrogen-bond donors (Lipinski definition) is 1. The SMILES string of the molecule is Cc1ccc([N+](=O)[O-])cc1-c1ccc(/C=N/Nc2ccc([N+](=O)[O-])cc2)o1. The minimum absolute atomic E-state index is 0.00692. The molecule has 0 aliphatic carbocycles. The molecule has 9 nitrogen and oxygen atoms in total. The Morgan fingerprint density at radius 2 is 1.63 bits per heavy atom. The lowest BCUT2D eigenvalue weighted by Gasteiger charge is -2.02. The molecule has 0 atom stereocenters. The fraction of sp³-hybridized carbons (Fsp3) is 0.0556.